The molecule has 0 fully saturated rings. The van der Waals surface area contributed by atoms with E-state index < -0.39 is 24.1 Å². The van der Waals surface area contributed by atoms with E-state index >= 15 is 0 Å². The monoisotopic (exact) mass is 448 g/mol. The van der Waals surface area contributed by atoms with Crippen LogP contribution in [0.3, 0.4) is 0 Å². The molecule has 8 heteroatoms. The molecular weight excluding hydrogens is 420 g/mol. The smallest absolute Gasteiger partial charge is 0.335 e. The van der Waals surface area contributed by atoms with Crippen molar-refractivity contribution in [3.63, 3.8) is 0 Å². The van der Waals surface area contributed by atoms with Crippen LogP contribution in [0.25, 0.3) is 5.69 Å². The molecule has 0 saturated heterocycles. The molecule has 0 aliphatic heterocycles. The van der Waals surface area contributed by atoms with Gasteiger partial charge >= 0.3 is 12.0 Å². The van der Waals surface area contributed by atoms with E-state index in [1.807, 2.05) is 58.0 Å². The second-order valence-corrected chi connectivity index (χ2v) is 9.15. The highest BCUT2D eigenvalue weighted by molar-refractivity contribution is 5.90. The standard InChI is InChI=1S/C25H28N4O4/c1-14-15(2)28-29(17-8-6-5-7-9-17)22(14)27-24(33)26-21-18-12-16(23(31)32)10-11-19(18)25(3,4)13-20(21)30/h5-12,20-21,30H,13H2,1-4H3,(H,31,32)(H2,26,27,33)/t20-,21-/m1/s1. The number of fused-ring (bicyclic) bond motifs is 1. The molecule has 0 radical (unpaired) electrons. The number of nitrogens with zero attached hydrogens (tertiary/aromatic N) is 2. The van der Waals surface area contributed by atoms with Crippen molar-refractivity contribution in [2.75, 3.05) is 5.32 Å². The Morgan fingerprint density at radius 3 is 2.48 bits per heavy atom. The van der Waals surface area contributed by atoms with Crippen molar-refractivity contribution < 1.29 is 19.8 Å². The van der Waals surface area contributed by atoms with Gasteiger partial charge in [0.25, 0.3) is 0 Å². The molecule has 0 bridgehead atoms. The number of para-hydroxylation sites is 1. The highest BCUT2D eigenvalue weighted by atomic mass is 16.4. The summed E-state index contributed by atoms with van der Waals surface area (Å²) >= 11 is 0. The minimum Gasteiger partial charge on any atom is -0.478 e. The van der Waals surface area contributed by atoms with Gasteiger partial charge in [0.1, 0.15) is 5.82 Å². The summed E-state index contributed by atoms with van der Waals surface area (Å²) in [4.78, 5) is 24.6. The van der Waals surface area contributed by atoms with Crippen molar-refractivity contribution in [3.8, 4) is 5.69 Å². The number of nitrogens with one attached hydrogen (secondary N) is 2. The number of carboxylic acids is 1. The molecule has 33 heavy (non-hydrogen) atoms. The molecule has 2 aromatic carbocycles. The van der Waals surface area contributed by atoms with Crippen LogP contribution < -0.4 is 10.6 Å². The summed E-state index contributed by atoms with van der Waals surface area (Å²) in [6.07, 6.45) is -0.443. The van der Waals surface area contributed by atoms with Crippen molar-refractivity contribution in [1.29, 1.82) is 0 Å². The Kier molecular flexibility index (Phi) is 5.71. The molecule has 1 aromatic heterocycles. The Bertz CT molecular complexity index is 1220. The van der Waals surface area contributed by atoms with E-state index in [1.165, 1.54) is 6.07 Å². The van der Waals surface area contributed by atoms with Crippen LogP contribution in [-0.2, 0) is 5.41 Å². The maximum atomic E-state index is 13.1. The van der Waals surface area contributed by atoms with Crippen molar-refractivity contribution >= 4 is 17.8 Å². The van der Waals surface area contributed by atoms with E-state index in [-0.39, 0.29) is 11.0 Å². The number of benzene rings is 2. The fourth-order valence-corrected chi connectivity index (χ4v) is 4.49. The molecule has 4 rings (SSSR count). The van der Waals surface area contributed by atoms with Gasteiger partial charge in [-0.3, -0.25) is 5.32 Å². The number of aliphatic hydroxyl groups excluding tert-OH is 1. The number of aromatic carboxylic acids is 1. The van der Waals surface area contributed by atoms with Crippen molar-refractivity contribution in [2.45, 2.75) is 51.7 Å². The number of carbonyl (C=O) groups excluding carboxylic acids is 1. The summed E-state index contributed by atoms with van der Waals surface area (Å²) in [5.41, 5.74) is 3.68. The molecule has 8 nitrogen and oxygen atoms in total. The largest absolute Gasteiger partial charge is 0.478 e. The highest BCUT2D eigenvalue weighted by Gasteiger charge is 2.39. The van der Waals surface area contributed by atoms with Crippen LogP contribution in [0.4, 0.5) is 10.6 Å². The summed E-state index contributed by atoms with van der Waals surface area (Å²) in [5, 5.41) is 30.6. The lowest BCUT2D eigenvalue weighted by Gasteiger charge is -2.40. The summed E-state index contributed by atoms with van der Waals surface area (Å²) in [6, 6.07) is 13.1. The Balaban J connectivity index is 1.65. The zero-order valence-electron chi connectivity index (χ0n) is 19.1. The molecule has 0 spiro atoms. The first-order valence-electron chi connectivity index (χ1n) is 10.8. The second kappa shape index (κ2) is 8.37. The van der Waals surface area contributed by atoms with Gasteiger partial charge in [-0.05, 0) is 61.1 Å². The molecule has 2 amide bonds. The first-order chi connectivity index (χ1) is 15.6. The molecule has 0 unspecified atom stereocenters. The number of anilines is 1. The van der Waals surface area contributed by atoms with Crippen molar-refractivity contribution in [2.24, 2.45) is 0 Å². The third-order valence-corrected chi connectivity index (χ3v) is 6.35. The lowest BCUT2D eigenvalue weighted by atomic mass is 9.69. The summed E-state index contributed by atoms with van der Waals surface area (Å²) in [5.74, 6) is -0.530. The Morgan fingerprint density at radius 1 is 1.12 bits per heavy atom. The Labute approximate surface area is 192 Å². The number of carboxylic acid groups (broad SMARTS) is 1. The summed E-state index contributed by atoms with van der Waals surface area (Å²) in [6.45, 7) is 7.74. The van der Waals surface area contributed by atoms with Gasteiger partial charge in [-0.15, -0.1) is 0 Å². The third kappa shape index (κ3) is 4.21. The molecule has 2 atom stereocenters. The molecule has 1 heterocycles. The van der Waals surface area contributed by atoms with Gasteiger partial charge in [0, 0.05) is 5.56 Å². The van der Waals surface area contributed by atoms with Gasteiger partial charge in [-0.25, -0.2) is 14.3 Å². The van der Waals surface area contributed by atoms with E-state index in [9.17, 15) is 19.8 Å². The number of urea groups is 1. The fraction of sp³-hybridized carbons (Fsp3) is 0.320. The number of carbonyl (C=O) groups is 2. The zero-order chi connectivity index (χ0) is 23.9. The lowest BCUT2D eigenvalue weighted by molar-refractivity contribution is 0.0693. The molecule has 1 aliphatic carbocycles. The van der Waals surface area contributed by atoms with Crippen LogP contribution in [-0.4, -0.2) is 38.1 Å². The van der Waals surface area contributed by atoms with Crippen LogP contribution in [0.2, 0.25) is 0 Å². The van der Waals surface area contributed by atoms with E-state index in [4.69, 9.17) is 0 Å². The summed E-state index contributed by atoms with van der Waals surface area (Å²) < 4.78 is 1.67. The van der Waals surface area contributed by atoms with Crippen molar-refractivity contribution in [1.82, 2.24) is 15.1 Å². The van der Waals surface area contributed by atoms with E-state index in [1.54, 1.807) is 16.8 Å². The molecule has 172 valence electrons. The maximum Gasteiger partial charge on any atom is 0.335 e. The van der Waals surface area contributed by atoms with Gasteiger partial charge in [0.15, 0.2) is 0 Å². The number of aryl methyl sites for hydroxylation is 1. The highest BCUT2D eigenvalue weighted by Crippen LogP contribution is 2.42. The number of aromatic nitrogens is 2. The molecule has 1 aliphatic rings. The molecular formula is C25H28N4O4. The predicted molar refractivity (Wildman–Crippen MR) is 125 cm³/mol. The van der Waals surface area contributed by atoms with E-state index in [0.717, 1.165) is 22.5 Å². The van der Waals surface area contributed by atoms with Gasteiger partial charge in [0.2, 0.25) is 0 Å². The van der Waals surface area contributed by atoms with E-state index in [2.05, 4.69) is 15.7 Å². The van der Waals surface area contributed by atoms with Gasteiger partial charge in [-0.1, -0.05) is 38.1 Å². The number of amides is 2. The first-order valence-corrected chi connectivity index (χ1v) is 10.8. The number of hydrogen-bond acceptors (Lipinski definition) is 4. The number of aliphatic hydroxyl groups is 1. The van der Waals surface area contributed by atoms with Crippen LogP contribution in [0, 0.1) is 13.8 Å². The van der Waals surface area contributed by atoms with Crippen LogP contribution in [0.1, 0.15) is 59.1 Å². The molecule has 4 N–H and O–H groups in total. The first kappa shape index (κ1) is 22.5. The van der Waals surface area contributed by atoms with Crippen LogP contribution in [0.5, 0.6) is 0 Å². The quantitative estimate of drug-likeness (QED) is 0.480. The van der Waals surface area contributed by atoms with E-state index in [0.29, 0.717) is 17.8 Å². The SMILES string of the molecule is Cc1nn(-c2ccccc2)c(NC(=O)N[C@@H]2c3cc(C(=O)O)ccc3C(C)(C)C[C@H]2O)c1C. The average molecular weight is 449 g/mol. The van der Waals surface area contributed by atoms with Crippen molar-refractivity contribution in [3.05, 3.63) is 76.5 Å². The molecule has 0 saturated carbocycles. The Hall–Kier alpha value is -3.65. The molecule has 3 aromatic rings. The second-order valence-electron chi connectivity index (χ2n) is 9.15. The fourth-order valence-electron chi connectivity index (χ4n) is 4.49. The number of hydrogen-bond donors (Lipinski definition) is 4. The lowest BCUT2D eigenvalue weighted by Crippen LogP contribution is -2.45. The zero-order valence-corrected chi connectivity index (χ0v) is 19.1. The topological polar surface area (TPSA) is 116 Å². The maximum absolute atomic E-state index is 13.1. The Morgan fingerprint density at radius 2 is 1.82 bits per heavy atom. The third-order valence-electron chi connectivity index (χ3n) is 6.35. The average Bonchev–Trinajstić information content (AvgIpc) is 3.05. The van der Waals surface area contributed by atoms with Gasteiger partial charge in [-0.2, -0.15) is 5.10 Å². The van der Waals surface area contributed by atoms with Gasteiger partial charge in [0.05, 0.1) is 29.1 Å². The minimum atomic E-state index is -1.06. The van der Waals surface area contributed by atoms with Crippen LogP contribution >= 0.6 is 0 Å². The number of rotatable bonds is 4. The normalized spacial score (nSPS) is 18.9. The summed E-state index contributed by atoms with van der Waals surface area (Å²) in [7, 11) is 0. The minimum absolute atomic E-state index is 0.111. The van der Waals surface area contributed by atoms with Crippen LogP contribution in [0.15, 0.2) is 48.5 Å². The van der Waals surface area contributed by atoms with Gasteiger partial charge < -0.3 is 15.5 Å². The predicted octanol–water partition coefficient (Wildman–Crippen LogP) is 4.09.